The van der Waals surface area contributed by atoms with Crippen LogP contribution in [0.15, 0.2) is 42.9 Å². The fourth-order valence-corrected chi connectivity index (χ4v) is 3.02. The van der Waals surface area contributed by atoms with Crippen LogP contribution < -0.4 is 0 Å². The van der Waals surface area contributed by atoms with E-state index in [2.05, 4.69) is 9.97 Å². The van der Waals surface area contributed by atoms with Crippen LogP contribution in [0.5, 0.6) is 0 Å². The standard InChI is InChI=1S/C17H18FN3O/c18-11-14-3-1-2-4-15(14)13-5-9-21(10-6-13)17(22)16-12-19-7-8-20-16/h1-4,7-8,12-13H,5-6,9-11H2. The van der Waals surface area contributed by atoms with E-state index in [4.69, 9.17) is 0 Å². The van der Waals surface area contributed by atoms with Gasteiger partial charge in [-0.1, -0.05) is 24.3 Å². The lowest BCUT2D eigenvalue weighted by molar-refractivity contribution is 0.0706. The monoisotopic (exact) mass is 299 g/mol. The molecule has 1 aliphatic rings. The minimum atomic E-state index is -0.436. The van der Waals surface area contributed by atoms with Crippen LogP contribution in [0.25, 0.3) is 0 Å². The Bertz CT molecular complexity index is 639. The van der Waals surface area contributed by atoms with E-state index < -0.39 is 6.67 Å². The Morgan fingerprint density at radius 2 is 2.00 bits per heavy atom. The summed E-state index contributed by atoms with van der Waals surface area (Å²) in [6.07, 6.45) is 6.27. The Hall–Kier alpha value is -2.30. The number of hydrogen-bond donors (Lipinski definition) is 0. The second-order valence-electron chi connectivity index (χ2n) is 5.49. The molecule has 0 atom stereocenters. The molecule has 1 aliphatic heterocycles. The summed E-state index contributed by atoms with van der Waals surface area (Å²) in [6, 6.07) is 7.66. The highest BCUT2D eigenvalue weighted by Crippen LogP contribution is 2.31. The van der Waals surface area contributed by atoms with Gasteiger partial charge in [0.05, 0.1) is 6.20 Å². The maximum atomic E-state index is 13.1. The first-order valence-electron chi connectivity index (χ1n) is 7.48. The number of carbonyl (C=O) groups is 1. The predicted octanol–water partition coefficient (Wildman–Crippen LogP) is 2.97. The van der Waals surface area contributed by atoms with Gasteiger partial charge in [0.15, 0.2) is 0 Å². The smallest absolute Gasteiger partial charge is 0.274 e. The molecular formula is C17H18FN3O. The lowest BCUT2D eigenvalue weighted by Gasteiger charge is -2.32. The fourth-order valence-electron chi connectivity index (χ4n) is 3.02. The molecule has 0 unspecified atom stereocenters. The molecule has 1 aromatic carbocycles. The average Bonchev–Trinajstić information content (AvgIpc) is 2.62. The molecule has 1 amide bonds. The number of aromatic nitrogens is 2. The van der Waals surface area contributed by atoms with E-state index in [0.717, 1.165) is 24.0 Å². The Morgan fingerprint density at radius 1 is 1.23 bits per heavy atom. The zero-order valence-corrected chi connectivity index (χ0v) is 12.3. The van der Waals surface area contributed by atoms with Crippen molar-refractivity contribution < 1.29 is 9.18 Å². The highest BCUT2D eigenvalue weighted by atomic mass is 19.1. The van der Waals surface area contributed by atoms with Gasteiger partial charge in [0.2, 0.25) is 0 Å². The second kappa shape index (κ2) is 6.64. The maximum Gasteiger partial charge on any atom is 0.274 e. The first kappa shape index (κ1) is 14.6. The number of nitrogens with zero attached hydrogens (tertiary/aromatic N) is 3. The van der Waals surface area contributed by atoms with Crippen molar-refractivity contribution in [1.82, 2.24) is 14.9 Å². The molecular weight excluding hydrogens is 281 g/mol. The van der Waals surface area contributed by atoms with Crippen LogP contribution in [-0.2, 0) is 6.67 Å². The van der Waals surface area contributed by atoms with E-state index in [1.165, 1.54) is 12.4 Å². The first-order valence-corrected chi connectivity index (χ1v) is 7.48. The van der Waals surface area contributed by atoms with Crippen LogP contribution >= 0.6 is 0 Å². The lowest BCUT2D eigenvalue weighted by atomic mass is 9.86. The summed E-state index contributed by atoms with van der Waals surface area (Å²) in [4.78, 5) is 22.1. The van der Waals surface area contributed by atoms with Gasteiger partial charge in [-0.2, -0.15) is 0 Å². The summed E-state index contributed by atoms with van der Waals surface area (Å²) in [5.41, 5.74) is 2.22. The maximum absolute atomic E-state index is 13.1. The van der Waals surface area contributed by atoms with Crippen molar-refractivity contribution in [2.24, 2.45) is 0 Å². The van der Waals surface area contributed by atoms with E-state index in [0.29, 0.717) is 24.7 Å². The number of likely N-dealkylation sites (tertiary alicyclic amines) is 1. The number of carbonyl (C=O) groups excluding carboxylic acids is 1. The summed E-state index contributed by atoms with van der Waals surface area (Å²) >= 11 is 0. The third kappa shape index (κ3) is 2.98. The molecule has 22 heavy (non-hydrogen) atoms. The summed E-state index contributed by atoms with van der Waals surface area (Å²) in [5.74, 6) is 0.239. The molecule has 1 saturated heterocycles. The molecule has 0 radical (unpaired) electrons. The first-order chi connectivity index (χ1) is 10.8. The van der Waals surface area contributed by atoms with Crippen LogP contribution in [-0.4, -0.2) is 33.9 Å². The van der Waals surface area contributed by atoms with E-state index in [9.17, 15) is 9.18 Å². The normalized spacial score (nSPS) is 15.8. The van der Waals surface area contributed by atoms with E-state index in [-0.39, 0.29) is 5.91 Å². The van der Waals surface area contributed by atoms with Gasteiger partial charge in [-0.15, -0.1) is 0 Å². The minimum Gasteiger partial charge on any atom is -0.337 e. The van der Waals surface area contributed by atoms with Crippen molar-refractivity contribution in [3.05, 3.63) is 59.7 Å². The zero-order chi connectivity index (χ0) is 15.4. The van der Waals surface area contributed by atoms with Crippen molar-refractivity contribution in [3.8, 4) is 0 Å². The Kier molecular flexibility index (Phi) is 4.42. The molecule has 0 bridgehead atoms. The summed E-state index contributed by atoms with van der Waals surface area (Å²) in [6.45, 7) is 0.899. The quantitative estimate of drug-likeness (QED) is 0.875. The molecule has 1 fully saturated rings. The van der Waals surface area contributed by atoms with Gasteiger partial charge in [0, 0.05) is 25.5 Å². The number of amides is 1. The third-order valence-corrected chi connectivity index (χ3v) is 4.20. The molecule has 5 heteroatoms. The third-order valence-electron chi connectivity index (χ3n) is 4.20. The Balaban J connectivity index is 1.67. The largest absolute Gasteiger partial charge is 0.337 e. The number of benzene rings is 1. The number of alkyl halides is 1. The van der Waals surface area contributed by atoms with Gasteiger partial charge in [-0.3, -0.25) is 9.78 Å². The molecule has 4 nitrogen and oxygen atoms in total. The SMILES string of the molecule is O=C(c1cnccn1)N1CCC(c2ccccc2CF)CC1. The zero-order valence-electron chi connectivity index (χ0n) is 12.3. The highest BCUT2D eigenvalue weighted by molar-refractivity contribution is 5.92. The lowest BCUT2D eigenvalue weighted by Crippen LogP contribution is -2.38. The van der Waals surface area contributed by atoms with Crippen LogP contribution in [0.1, 0.15) is 40.4 Å². The van der Waals surface area contributed by atoms with Crippen molar-refractivity contribution >= 4 is 5.91 Å². The molecule has 3 rings (SSSR count). The van der Waals surface area contributed by atoms with Gasteiger partial charge >= 0.3 is 0 Å². The van der Waals surface area contributed by atoms with E-state index in [1.54, 1.807) is 11.1 Å². The topological polar surface area (TPSA) is 46.1 Å². The molecule has 114 valence electrons. The molecule has 0 saturated carbocycles. The van der Waals surface area contributed by atoms with Gasteiger partial charge < -0.3 is 4.90 Å². The van der Waals surface area contributed by atoms with Crippen molar-refractivity contribution in [1.29, 1.82) is 0 Å². The van der Waals surface area contributed by atoms with E-state index >= 15 is 0 Å². The second-order valence-corrected chi connectivity index (χ2v) is 5.49. The van der Waals surface area contributed by atoms with Crippen LogP contribution in [0.3, 0.4) is 0 Å². The molecule has 2 heterocycles. The Morgan fingerprint density at radius 3 is 2.68 bits per heavy atom. The molecule has 0 aliphatic carbocycles. The minimum absolute atomic E-state index is 0.0784. The number of halogens is 1. The summed E-state index contributed by atoms with van der Waals surface area (Å²) in [5, 5.41) is 0. The predicted molar refractivity (Wildman–Crippen MR) is 81.2 cm³/mol. The molecule has 1 aromatic heterocycles. The van der Waals surface area contributed by atoms with Crippen LogP contribution in [0.4, 0.5) is 4.39 Å². The van der Waals surface area contributed by atoms with Crippen LogP contribution in [0.2, 0.25) is 0 Å². The summed E-state index contributed by atoms with van der Waals surface area (Å²) in [7, 11) is 0. The fraction of sp³-hybridized carbons (Fsp3) is 0.353. The average molecular weight is 299 g/mol. The molecule has 0 spiro atoms. The molecule has 2 aromatic rings. The highest BCUT2D eigenvalue weighted by Gasteiger charge is 2.26. The number of rotatable bonds is 3. The molecule has 0 N–H and O–H groups in total. The van der Waals surface area contributed by atoms with Crippen LogP contribution in [0, 0.1) is 0 Å². The number of piperidine rings is 1. The van der Waals surface area contributed by atoms with Gasteiger partial charge in [0.25, 0.3) is 5.91 Å². The van der Waals surface area contributed by atoms with Gasteiger partial charge in [-0.25, -0.2) is 9.37 Å². The van der Waals surface area contributed by atoms with Gasteiger partial charge in [-0.05, 0) is 29.9 Å². The van der Waals surface area contributed by atoms with Crippen molar-refractivity contribution in [3.63, 3.8) is 0 Å². The van der Waals surface area contributed by atoms with E-state index in [1.807, 2.05) is 24.3 Å². The summed E-state index contributed by atoms with van der Waals surface area (Å²) < 4.78 is 13.1. The van der Waals surface area contributed by atoms with Gasteiger partial charge in [0.1, 0.15) is 12.4 Å². The van der Waals surface area contributed by atoms with Crippen molar-refractivity contribution in [2.45, 2.75) is 25.4 Å². The van der Waals surface area contributed by atoms with Crippen molar-refractivity contribution in [2.75, 3.05) is 13.1 Å². The number of hydrogen-bond acceptors (Lipinski definition) is 3. The Labute approximate surface area is 129 Å².